The van der Waals surface area contributed by atoms with Crippen LogP contribution in [0.1, 0.15) is 6.42 Å². The van der Waals surface area contributed by atoms with Crippen LogP contribution in [0.25, 0.3) is 0 Å². The molecule has 0 atom stereocenters. The largest absolute Gasteiger partial charge is 0.356 e. The molecule has 2 N–H and O–H groups in total. The first-order chi connectivity index (χ1) is 6.95. The topological polar surface area (TPSA) is 67.1 Å². The summed E-state index contributed by atoms with van der Waals surface area (Å²) in [5.41, 5.74) is 0. The molecule has 76 valence electrons. The van der Waals surface area contributed by atoms with E-state index < -0.39 is 0 Å². The van der Waals surface area contributed by atoms with Crippen molar-refractivity contribution in [2.75, 3.05) is 19.6 Å². The molecule has 6 nitrogen and oxygen atoms in total. The van der Waals surface area contributed by atoms with E-state index in [4.69, 9.17) is 0 Å². The highest BCUT2D eigenvalue weighted by Gasteiger charge is 2.01. The van der Waals surface area contributed by atoms with Gasteiger partial charge in [-0.3, -0.25) is 9.67 Å². The summed E-state index contributed by atoms with van der Waals surface area (Å²) >= 11 is 0. The summed E-state index contributed by atoms with van der Waals surface area (Å²) < 4.78 is 1.79. The summed E-state index contributed by atoms with van der Waals surface area (Å²) in [7, 11) is 0. The first-order valence-corrected chi connectivity index (χ1v) is 4.81. The number of hydrogen-bond donors (Lipinski definition) is 2. The molecule has 0 aromatic carbocycles. The quantitative estimate of drug-likeness (QED) is 0.662. The Labute approximate surface area is 82.4 Å². The van der Waals surface area contributed by atoms with Gasteiger partial charge >= 0.3 is 0 Å². The highest BCUT2D eigenvalue weighted by Crippen LogP contribution is 1.87. The number of rotatable bonds is 3. The smallest absolute Gasteiger partial charge is 0.191 e. The van der Waals surface area contributed by atoms with Gasteiger partial charge in [-0.2, -0.15) is 0 Å². The summed E-state index contributed by atoms with van der Waals surface area (Å²) in [5, 5.41) is 14.0. The van der Waals surface area contributed by atoms with E-state index in [1.807, 2.05) is 6.20 Å². The minimum absolute atomic E-state index is 0.806. The molecule has 0 aliphatic carbocycles. The second-order valence-corrected chi connectivity index (χ2v) is 3.10. The average molecular weight is 194 g/mol. The number of aliphatic imine (C=N–C) groups is 1. The molecule has 0 unspecified atom stereocenters. The predicted molar refractivity (Wildman–Crippen MR) is 52.9 cm³/mol. The van der Waals surface area contributed by atoms with Crippen molar-refractivity contribution in [3.8, 4) is 0 Å². The first kappa shape index (κ1) is 8.98. The Morgan fingerprint density at radius 1 is 1.57 bits per heavy atom. The lowest BCUT2D eigenvalue weighted by Crippen LogP contribution is -2.41. The third-order valence-electron chi connectivity index (χ3n) is 2.00. The summed E-state index contributed by atoms with van der Waals surface area (Å²) in [6.07, 6.45) is 4.64. The van der Waals surface area contributed by atoms with E-state index in [1.54, 1.807) is 10.9 Å². The normalized spacial score (nSPS) is 15.9. The van der Waals surface area contributed by atoms with Gasteiger partial charge in [0.05, 0.1) is 12.7 Å². The van der Waals surface area contributed by atoms with Crippen molar-refractivity contribution in [1.82, 2.24) is 25.6 Å². The molecule has 1 aliphatic heterocycles. The minimum atomic E-state index is 0.806. The van der Waals surface area contributed by atoms with Gasteiger partial charge in [-0.05, 0) is 6.42 Å². The van der Waals surface area contributed by atoms with Gasteiger partial charge in [-0.25, -0.2) is 0 Å². The molecule has 2 rings (SSSR count). The van der Waals surface area contributed by atoms with Crippen LogP contribution in [0.5, 0.6) is 0 Å². The molecular formula is C8H14N6. The van der Waals surface area contributed by atoms with Crippen molar-refractivity contribution in [2.24, 2.45) is 4.99 Å². The summed E-state index contributed by atoms with van der Waals surface area (Å²) in [5.74, 6) is 0.899. The van der Waals surface area contributed by atoms with E-state index in [0.717, 1.165) is 38.6 Å². The van der Waals surface area contributed by atoms with Gasteiger partial charge in [-0.15, -0.1) is 5.10 Å². The Balaban J connectivity index is 1.70. The van der Waals surface area contributed by atoms with E-state index in [0.29, 0.717) is 0 Å². The maximum atomic E-state index is 4.30. The molecule has 0 fully saturated rings. The van der Waals surface area contributed by atoms with Crippen LogP contribution >= 0.6 is 0 Å². The summed E-state index contributed by atoms with van der Waals surface area (Å²) in [6, 6.07) is 0. The third kappa shape index (κ3) is 2.45. The molecule has 1 aliphatic rings. The second-order valence-electron chi connectivity index (χ2n) is 3.10. The lowest BCUT2D eigenvalue weighted by Gasteiger charge is -2.15. The summed E-state index contributed by atoms with van der Waals surface area (Å²) in [6.45, 7) is 3.55. The highest BCUT2D eigenvalue weighted by atomic mass is 15.4. The van der Waals surface area contributed by atoms with Gasteiger partial charge in [0.1, 0.15) is 0 Å². The zero-order valence-corrected chi connectivity index (χ0v) is 7.98. The van der Waals surface area contributed by atoms with Crippen LogP contribution in [0.15, 0.2) is 17.4 Å². The SMILES string of the molecule is c1cn(CCNC2=NCCCN2)nn1. The first-order valence-electron chi connectivity index (χ1n) is 4.81. The number of nitrogens with zero attached hydrogens (tertiary/aromatic N) is 4. The summed E-state index contributed by atoms with van der Waals surface area (Å²) in [4.78, 5) is 4.30. The van der Waals surface area contributed by atoms with Crippen LogP contribution in [-0.2, 0) is 6.54 Å². The zero-order chi connectivity index (χ0) is 9.64. The van der Waals surface area contributed by atoms with Crippen molar-refractivity contribution in [1.29, 1.82) is 0 Å². The van der Waals surface area contributed by atoms with Gasteiger partial charge in [0.2, 0.25) is 0 Å². The van der Waals surface area contributed by atoms with Gasteiger partial charge in [0.15, 0.2) is 5.96 Å². The Morgan fingerprint density at radius 3 is 3.29 bits per heavy atom. The number of aromatic nitrogens is 3. The van der Waals surface area contributed by atoms with E-state index >= 15 is 0 Å². The molecule has 6 heteroatoms. The molecule has 0 saturated carbocycles. The van der Waals surface area contributed by atoms with Gasteiger partial charge in [0.25, 0.3) is 0 Å². The van der Waals surface area contributed by atoms with Crippen LogP contribution in [0, 0.1) is 0 Å². The average Bonchev–Trinajstić information content (AvgIpc) is 2.72. The van der Waals surface area contributed by atoms with Crippen molar-refractivity contribution < 1.29 is 0 Å². The standard InChI is InChI=1S/C8H14N6/c1-2-9-8(10-3-1)11-4-6-14-7-5-12-13-14/h5,7H,1-4,6H2,(H2,9,10,11). The second kappa shape index (κ2) is 4.59. The molecule has 0 spiro atoms. The number of hydrogen-bond acceptors (Lipinski definition) is 5. The Kier molecular flexibility index (Phi) is 2.95. The van der Waals surface area contributed by atoms with Crippen molar-refractivity contribution in [3.63, 3.8) is 0 Å². The lowest BCUT2D eigenvalue weighted by molar-refractivity contribution is 0.572. The van der Waals surface area contributed by atoms with Crippen LogP contribution in [0.3, 0.4) is 0 Å². The van der Waals surface area contributed by atoms with Crippen molar-refractivity contribution >= 4 is 5.96 Å². The fourth-order valence-electron chi connectivity index (χ4n) is 1.29. The molecule has 0 bridgehead atoms. The van der Waals surface area contributed by atoms with Crippen LogP contribution < -0.4 is 10.6 Å². The molecule has 2 heterocycles. The molecular weight excluding hydrogens is 180 g/mol. The predicted octanol–water partition coefficient (Wildman–Crippen LogP) is -0.783. The monoisotopic (exact) mass is 194 g/mol. The molecule has 1 aromatic rings. The van der Waals surface area contributed by atoms with Crippen LogP contribution in [0.4, 0.5) is 0 Å². The molecule has 0 saturated heterocycles. The zero-order valence-electron chi connectivity index (χ0n) is 7.98. The number of nitrogens with one attached hydrogen (secondary N) is 2. The van der Waals surface area contributed by atoms with Crippen LogP contribution in [-0.4, -0.2) is 40.6 Å². The van der Waals surface area contributed by atoms with Crippen molar-refractivity contribution in [3.05, 3.63) is 12.4 Å². The highest BCUT2D eigenvalue weighted by molar-refractivity contribution is 5.80. The van der Waals surface area contributed by atoms with E-state index in [9.17, 15) is 0 Å². The van der Waals surface area contributed by atoms with E-state index in [2.05, 4.69) is 25.9 Å². The molecule has 14 heavy (non-hydrogen) atoms. The minimum Gasteiger partial charge on any atom is -0.356 e. The fourth-order valence-corrected chi connectivity index (χ4v) is 1.29. The molecule has 1 aromatic heterocycles. The van der Waals surface area contributed by atoms with E-state index in [1.165, 1.54) is 0 Å². The maximum Gasteiger partial charge on any atom is 0.191 e. The van der Waals surface area contributed by atoms with Crippen LogP contribution in [0.2, 0.25) is 0 Å². The number of guanidine groups is 1. The maximum absolute atomic E-state index is 4.30. The molecule has 0 radical (unpaired) electrons. The van der Waals surface area contributed by atoms with Gasteiger partial charge < -0.3 is 10.6 Å². The van der Waals surface area contributed by atoms with Gasteiger partial charge in [-0.1, -0.05) is 5.21 Å². The van der Waals surface area contributed by atoms with Crippen molar-refractivity contribution in [2.45, 2.75) is 13.0 Å². The Hall–Kier alpha value is -1.59. The Morgan fingerprint density at radius 2 is 2.57 bits per heavy atom. The lowest BCUT2D eigenvalue weighted by atomic mass is 10.4. The fraction of sp³-hybridized carbons (Fsp3) is 0.625. The van der Waals surface area contributed by atoms with Gasteiger partial charge in [0, 0.05) is 25.8 Å². The molecule has 0 amide bonds. The third-order valence-corrected chi connectivity index (χ3v) is 2.00. The Bertz CT molecular complexity index is 291. The van der Waals surface area contributed by atoms with E-state index in [-0.39, 0.29) is 0 Å².